The van der Waals surface area contributed by atoms with Crippen molar-refractivity contribution < 1.29 is 18.7 Å². The largest absolute Gasteiger partial charge is 0.460 e. The summed E-state index contributed by atoms with van der Waals surface area (Å²) in [4.78, 5) is 39.0. The molecule has 0 radical (unpaired) electrons. The molecule has 1 unspecified atom stereocenters. The molecule has 0 amide bonds. The van der Waals surface area contributed by atoms with Crippen molar-refractivity contribution in [3.8, 4) is 0 Å². The van der Waals surface area contributed by atoms with Crippen molar-refractivity contribution in [2.45, 2.75) is 124 Å². The molecule has 36 heavy (non-hydrogen) atoms. The maximum Gasteiger partial charge on any atom is 0.330 e. The van der Waals surface area contributed by atoms with Crippen LogP contribution in [0.4, 0.5) is 0 Å². The molecule has 2 heterocycles. The van der Waals surface area contributed by atoms with Gasteiger partial charge in [-0.15, -0.1) is 0 Å². The van der Waals surface area contributed by atoms with Gasteiger partial charge in [-0.2, -0.15) is 0 Å². The molecule has 1 aromatic heterocycles. The number of hydrogen-bond acceptors (Lipinski definition) is 6. The molecule has 5 atom stereocenters. The summed E-state index contributed by atoms with van der Waals surface area (Å²) in [7, 11) is -0.519. The fourth-order valence-corrected chi connectivity index (χ4v) is 5.81. The highest BCUT2D eigenvalue weighted by Crippen LogP contribution is 2.45. The second-order valence-corrected chi connectivity index (χ2v) is 17.8. The maximum atomic E-state index is 13.7. The number of hydrogen-bond donors (Lipinski definition) is 0. The molecule has 1 aliphatic heterocycles. The number of ether oxygens (including phenoxy) is 2. The molecule has 0 aromatic carbocycles. The zero-order valence-corrected chi connectivity index (χ0v) is 25.4. The number of esters is 1. The third-order valence-electron chi connectivity index (χ3n) is 7.46. The van der Waals surface area contributed by atoms with Gasteiger partial charge in [0.1, 0.15) is 11.7 Å². The van der Waals surface area contributed by atoms with Crippen molar-refractivity contribution in [3.63, 3.8) is 0 Å². The first-order chi connectivity index (χ1) is 16.3. The summed E-state index contributed by atoms with van der Waals surface area (Å²) in [5, 5.41) is 0.00240. The number of carbonyl (C=O) groups is 1. The SMILES string of the molecule is CC[C@H]1O[C@@H](c2cn(C)c(=O)n(C[C@@H](C)CC(=O)OC(C)(C)C)c2=O)[C@@H](O[Si](C)(C)C(C)(C)C)C1C. The van der Waals surface area contributed by atoms with Gasteiger partial charge in [0.25, 0.3) is 5.56 Å². The average Bonchev–Trinajstić information content (AvgIpc) is 3.00. The third-order valence-corrected chi connectivity index (χ3v) is 11.9. The Bertz CT molecular complexity index is 1050. The molecular weight excluding hydrogens is 476 g/mol. The fraction of sp³-hybridized carbons (Fsp3) is 0.815. The van der Waals surface area contributed by atoms with Crippen LogP contribution in [-0.2, 0) is 32.3 Å². The predicted octanol–water partition coefficient (Wildman–Crippen LogP) is 4.79. The summed E-state index contributed by atoms with van der Waals surface area (Å²) in [5.74, 6) is -0.505. The van der Waals surface area contributed by atoms with Crippen molar-refractivity contribution in [1.29, 1.82) is 0 Å². The van der Waals surface area contributed by atoms with E-state index in [1.54, 1.807) is 13.2 Å². The minimum Gasteiger partial charge on any atom is -0.460 e. The lowest BCUT2D eigenvalue weighted by molar-refractivity contribution is -0.155. The minimum absolute atomic E-state index is 0.00240. The Labute approximate surface area is 217 Å². The molecule has 2 rings (SSSR count). The highest BCUT2D eigenvalue weighted by molar-refractivity contribution is 6.74. The van der Waals surface area contributed by atoms with E-state index in [-0.39, 0.29) is 53.6 Å². The molecule has 0 saturated carbocycles. The third kappa shape index (κ3) is 6.98. The van der Waals surface area contributed by atoms with Crippen molar-refractivity contribution >= 4 is 14.3 Å². The van der Waals surface area contributed by atoms with E-state index in [0.29, 0.717) is 5.56 Å². The summed E-state index contributed by atoms with van der Waals surface area (Å²) >= 11 is 0. The first-order valence-corrected chi connectivity index (χ1v) is 16.1. The lowest BCUT2D eigenvalue weighted by Gasteiger charge is -2.40. The highest BCUT2D eigenvalue weighted by Gasteiger charge is 2.49. The van der Waals surface area contributed by atoms with Gasteiger partial charge in [-0.25, -0.2) is 4.79 Å². The standard InChI is InChI=1S/C27H48N2O6Si/c1-13-20-18(3)22(35-36(11,12)27(7,8)9)23(33-20)19-16-28(10)25(32)29(24(19)31)15-17(2)14-21(30)34-26(4,5)6/h16-18,20,22-23H,13-15H2,1-12H3/t17-,18?,20+,22-,23-/m0/s1. The second kappa shape index (κ2) is 11.0. The van der Waals surface area contributed by atoms with E-state index in [1.807, 2.05) is 27.7 Å². The van der Waals surface area contributed by atoms with Gasteiger partial charge in [0, 0.05) is 32.1 Å². The summed E-state index contributed by atoms with van der Waals surface area (Å²) in [6, 6.07) is 0. The van der Waals surface area contributed by atoms with Crippen molar-refractivity contribution in [2.24, 2.45) is 18.9 Å². The van der Waals surface area contributed by atoms with Crippen LogP contribution in [0, 0.1) is 11.8 Å². The molecule has 0 bridgehead atoms. The van der Waals surface area contributed by atoms with Gasteiger partial charge in [-0.05, 0) is 51.2 Å². The first kappa shape index (κ1) is 30.5. The van der Waals surface area contributed by atoms with E-state index in [4.69, 9.17) is 13.9 Å². The van der Waals surface area contributed by atoms with Crippen molar-refractivity contribution in [3.05, 3.63) is 32.6 Å². The van der Waals surface area contributed by atoms with E-state index < -0.39 is 25.7 Å². The first-order valence-electron chi connectivity index (χ1n) is 13.1. The Morgan fingerprint density at radius 3 is 2.25 bits per heavy atom. The van der Waals surface area contributed by atoms with Crippen LogP contribution in [0.25, 0.3) is 0 Å². The van der Waals surface area contributed by atoms with Gasteiger partial charge < -0.3 is 18.5 Å². The van der Waals surface area contributed by atoms with E-state index in [9.17, 15) is 14.4 Å². The van der Waals surface area contributed by atoms with Crippen LogP contribution < -0.4 is 11.2 Å². The Morgan fingerprint density at radius 1 is 1.17 bits per heavy atom. The Hall–Kier alpha value is -1.71. The van der Waals surface area contributed by atoms with Gasteiger partial charge in [-0.1, -0.05) is 41.5 Å². The second-order valence-electron chi connectivity index (χ2n) is 13.0. The lowest BCUT2D eigenvalue weighted by Crippen LogP contribution is -2.48. The molecule has 0 aliphatic carbocycles. The van der Waals surface area contributed by atoms with E-state index in [0.717, 1.165) is 6.42 Å². The number of aryl methyl sites for hydroxylation is 1. The molecule has 0 spiro atoms. The van der Waals surface area contributed by atoms with Crippen molar-refractivity contribution in [2.75, 3.05) is 0 Å². The molecule has 206 valence electrons. The number of carbonyl (C=O) groups excluding carboxylic acids is 1. The van der Waals surface area contributed by atoms with Crippen LogP contribution in [-0.4, -0.2) is 41.2 Å². The van der Waals surface area contributed by atoms with Crippen LogP contribution in [0.5, 0.6) is 0 Å². The topological polar surface area (TPSA) is 88.8 Å². The van der Waals surface area contributed by atoms with E-state index in [1.165, 1.54) is 9.13 Å². The van der Waals surface area contributed by atoms with E-state index in [2.05, 4.69) is 47.7 Å². The molecule has 9 heteroatoms. The van der Waals surface area contributed by atoms with Crippen LogP contribution >= 0.6 is 0 Å². The quantitative estimate of drug-likeness (QED) is 0.359. The van der Waals surface area contributed by atoms with Gasteiger partial charge in [0.05, 0.1) is 17.8 Å². The Kier molecular flexibility index (Phi) is 9.28. The molecule has 1 aromatic rings. The summed E-state index contributed by atoms with van der Waals surface area (Å²) in [6.07, 6.45) is 1.63. The van der Waals surface area contributed by atoms with Gasteiger partial charge >= 0.3 is 11.7 Å². The lowest BCUT2D eigenvalue weighted by atomic mass is 9.95. The predicted molar refractivity (Wildman–Crippen MR) is 145 cm³/mol. The van der Waals surface area contributed by atoms with Crippen LogP contribution in [0.1, 0.15) is 86.8 Å². The number of nitrogens with zero attached hydrogens (tertiary/aromatic N) is 2. The van der Waals surface area contributed by atoms with Gasteiger partial charge in [0.2, 0.25) is 0 Å². The zero-order valence-electron chi connectivity index (χ0n) is 24.4. The number of aromatic nitrogens is 2. The molecule has 1 saturated heterocycles. The van der Waals surface area contributed by atoms with Crippen molar-refractivity contribution in [1.82, 2.24) is 9.13 Å². The number of rotatable bonds is 8. The molecule has 0 N–H and O–H groups in total. The monoisotopic (exact) mass is 524 g/mol. The molecular formula is C27H48N2O6Si. The minimum atomic E-state index is -2.16. The van der Waals surface area contributed by atoms with Crippen LogP contribution in [0.2, 0.25) is 18.1 Å². The summed E-state index contributed by atoms with van der Waals surface area (Å²) < 4.78 is 21.3. The average molecular weight is 525 g/mol. The summed E-state index contributed by atoms with van der Waals surface area (Å²) in [6.45, 7) is 22.6. The zero-order chi connectivity index (χ0) is 27.8. The Morgan fingerprint density at radius 2 is 1.75 bits per heavy atom. The van der Waals surface area contributed by atoms with Gasteiger partial charge in [0.15, 0.2) is 8.32 Å². The fourth-order valence-electron chi connectivity index (χ4n) is 4.43. The van der Waals surface area contributed by atoms with E-state index >= 15 is 0 Å². The molecule has 1 aliphatic rings. The highest BCUT2D eigenvalue weighted by atomic mass is 28.4. The molecule has 1 fully saturated rings. The van der Waals surface area contributed by atoms with Gasteiger partial charge in [-0.3, -0.25) is 14.2 Å². The Balaban J connectivity index is 2.45. The van der Waals surface area contributed by atoms with Crippen LogP contribution in [0.3, 0.4) is 0 Å². The van der Waals surface area contributed by atoms with Crippen LogP contribution in [0.15, 0.2) is 15.8 Å². The summed E-state index contributed by atoms with van der Waals surface area (Å²) in [5.41, 5.74) is -0.963. The molecule has 8 nitrogen and oxygen atoms in total. The smallest absolute Gasteiger partial charge is 0.330 e. The maximum absolute atomic E-state index is 13.7. The normalized spacial score (nSPS) is 24.1.